The van der Waals surface area contributed by atoms with Crippen molar-refractivity contribution in [2.75, 3.05) is 17.7 Å². The van der Waals surface area contributed by atoms with E-state index in [9.17, 15) is 9.18 Å². The van der Waals surface area contributed by atoms with Crippen LogP contribution in [0.3, 0.4) is 0 Å². The van der Waals surface area contributed by atoms with E-state index in [4.69, 9.17) is 5.73 Å². The minimum Gasteiger partial charge on any atom is -0.397 e. The Balaban J connectivity index is 1.98. The van der Waals surface area contributed by atoms with E-state index in [0.29, 0.717) is 17.1 Å². The first-order valence-electron chi connectivity index (χ1n) is 6.47. The van der Waals surface area contributed by atoms with Gasteiger partial charge in [-0.05, 0) is 30.3 Å². The van der Waals surface area contributed by atoms with Crippen molar-refractivity contribution in [2.24, 2.45) is 0 Å². The number of carbonyl (C=O) groups excluding carboxylic acids is 1. The van der Waals surface area contributed by atoms with Crippen LogP contribution in [-0.4, -0.2) is 17.9 Å². The van der Waals surface area contributed by atoms with Gasteiger partial charge in [0.2, 0.25) is 0 Å². The molecule has 0 bridgehead atoms. The van der Waals surface area contributed by atoms with E-state index in [0.717, 1.165) is 10.9 Å². The molecule has 0 aliphatic rings. The van der Waals surface area contributed by atoms with Crippen LogP contribution in [0.5, 0.6) is 0 Å². The van der Waals surface area contributed by atoms with Crippen LogP contribution < -0.4 is 10.6 Å². The Labute approximate surface area is 121 Å². The monoisotopic (exact) mass is 283 g/mol. The molecule has 0 aliphatic heterocycles. The first-order valence-corrected chi connectivity index (χ1v) is 6.47. The van der Waals surface area contributed by atoms with Crippen LogP contribution in [0.1, 0.15) is 10.5 Å². The molecule has 0 saturated heterocycles. The van der Waals surface area contributed by atoms with E-state index in [1.54, 1.807) is 31.3 Å². The zero-order valence-corrected chi connectivity index (χ0v) is 11.4. The number of anilines is 2. The molecule has 0 radical (unpaired) electrons. The van der Waals surface area contributed by atoms with Gasteiger partial charge in [0.05, 0.1) is 11.2 Å². The topological polar surface area (TPSA) is 62.1 Å². The summed E-state index contributed by atoms with van der Waals surface area (Å²) >= 11 is 0. The van der Waals surface area contributed by atoms with Gasteiger partial charge in [-0.2, -0.15) is 0 Å². The van der Waals surface area contributed by atoms with Gasteiger partial charge in [-0.25, -0.2) is 4.39 Å². The van der Waals surface area contributed by atoms with Crippen molar-refractivity contribution < 1.29 is 9.18 Å². The van der Waals surface area contributed by atoms with Crippen molar-refractivity contribution in [2.45, 2.75) is 0 Å². The summed E-state index contributed by atoms with van der Waals surface area (Å²) in [6, 6.07) is 13.1. The molecular weight excluding hydrogens is 269 g/mol. The molecule has 0 fully saturated rings. The molecule has 21 heavy (non-hydrogen) atoms. The van der Waals surface area contributed by atoms with Crippen LogP contribution in [0, 0.1) is 5.82 Å². The van der Waals surface area contributed by atoms with E-state index in [2.05, 4.69) is 4.98 Å². The van der Waals surface area contributed by atoms with Crippen LogP contribution in [-0.2, 0) is 0 Å². The quantitative estimate of drug-likeness (QED) is 0.710. The summed E-state index contributed by atoms with van der Waals surface area (Å²) < 4.78 is 13.3. The smallest absolute Gasteiger partial charge is 0.274 e. The van der Waals surface area contributed by atoms with Gasteiger partial charge in [-0.3, -0.25) is 4.79 Å². The van der Waals surface area contributed by atoms with Crippen LogP contribution in [0.15, 0.2) is 48.5 Å². The van der Waals surface area contributed by atoms with Gasteiger partial charge in [0.25, 0.3) is 5.91 Å². The van der Waals surface area contributed by atoms with Crippen LogP contribution in [0.25, 0.3) is 10.9 Å². The molecule has 2 aromatic carbocycles. The maximum atomic E-state index is 13.3. The molecule has 3 aromatic rings. The molecule has 0 spiro atoms. The number of nitrogens with two attached hydrogens (primary N) is 1. The molecule has 5 heteroatoms. The van der Waals surface area contributed by atoms with Gasteiger partial charge < -0.3 is 15.6 Å². The number of hydrogen-bond donors (Lipinski definition) is 2. The molecule has 0 saturated carbocycles. The third kappa shape index (κ3) is 2.33. The Bertz CT molecular complexity index is 825. The van der Waals surface area contributed by atoms with Gasteiger partial charge in [0, 0.05) is 18.1 Å². The molecule has 4 nitrogen and oxygen atoms in total. The fourth-order valence-corrected chi connectivity index (χ4v) is 2.28. The highest BCUT2D eigenvalue weighted by atomic mass is 19.1. The normalized spacial score (nSPS) is 10.8. The van der Waals surface area contributed by atoms with Crippen molar-refractivity contribution in [3.8, 4) is 0 Å². The molecular formula is C16H14FN3O. The number of nitrogens with one attached hydrogen (secondary N) is 1. The zero-order chi connectivity index (χ0) is 15.0. The van der Waals surface area contributed by atoms with Crippen molar-refractivity contribution in [1.82, 2.24) is 4.98 Å². The van der Waals surface area contributed by atoms with Gasteiger partial charge in [-0.15, -0.1) is 0 Å². The van der Waals surface area contributed by atoms with Gasteiger partial charge in [0.15, 0.2) is 0 Å². The summed E-state index contributed by atoms with van der Waals surface area (Å²) in [6.07, 6.45) is 0. The molecule has 0 aliphatic carbocycles. The number of aromatic amines is 1. The highest BCUT2D eigenvalue weighted by Crippen LogP contribution is 2.23. The predicted molar refractivity (Wildman–Crippen MR) is 81.8 cm³/mol. The van der Waals surface area contributed by atoms with Crippen molar-refractivity contribution in [1.29, 1.82) is 0 Å². The lowest BCUT2D eigenvalue weighted by Gasteiger charge is -2.16. The Morgan fingerprint density at radius 1 is 1.19 bits per heavy atom. The number of hydrogen-bond acceptors (Lipinski definition) is 2. The number of benzene rings is 2. The Hall–Kier alpha value is -2.82. The summed E-state index contributed by atoms with van der Waals surface area (Å²) in [7, 11) is 1.60. The highest BCUT2D eigenvalue weighted by molar-refractivity contribution is 6.08. The fraction of sp³-hybridized carbons (Fsp3) is 0.0625. The van der Waals surface area contributed by atoms with Gasteiger partial charge in [0.1, 0.15) is 11.5 Å². The summed E-state index contributed by atoms with van der Waals surface area (Å²) in [5.41, 5.74) is 8.09. The van der Waals surface area contributed by atoms with E-state index in [-0.39, 0.29) is 11.7 Å². The molecule has 1 amide bonds. The predicted octanol–water partition coefficient (Wildman–Crippen LogP) is 3.17. The van der Waals surface area contributed by atoms with E-state index >= 15 is 0 Å². The Kier molecular flexibility index (Phi) is 3.10. The summed E-state index contributed by atoms with van der Waals surface area (Å²) in [5.74, 6) is -0.635. The molecule has 1 aromatic heterocycles. The molecule has 0 atom stereocenters. The van der Waals surface area contributed by atoms with E-state index < -0.39 is 0 Å². The number of aromatic nitrogens is 1. The SMILES string of the molecule is CN(C(=O)c1cc2cccc(N)c2[nH]1)c1cccc(F)c1. The average molecular weight is 283 g/mol. The zero-order valence-electron chi connectivity index (χ0n) is 11.4. The van der Waals surface area contributed by atoms with Crippen LogP contribution in [0.4, 0.5) is 15.8 Å². The Morgan fingerprint density at radius 2 is 1.95 bits per heavy atom. The van der Waals surface area contributed by atoms with Gasteiger partial charge in [-0.1, -0.05) is 18.2 Å². The standard InChI is InChI=1S/C16H14FN3O/c1-20(12-6-3-5-11(17)9-12)16(21)14-8-10-4-2-7-13(18)15(10)19-14/h2-9,19H,18H2,1H3. The number of nitrogens with zero attached hydrogens (tertiary/aromatic N) is 1. The number of halogens is 1. The maximum absolute atomic E-state index is 13.3. The van der Waals surface area contributed by atoms with Crippen molar-refractivity contribution in [3.05, 3.63) is 60.0 Å². The number of nitrogen functional groups attached to an aromatic ring is 1. The van der Waals surface area contributed by atoms with Crippen molar-refractivity contribution in [3.63, 3.8) is 0 Å². The molecule has 3 rings (SSSR count). The van der Waals surface area contributed by atoms with Gasteiger partial charge >= 0.3 is 0 Å². The number of para-hydroxylation sites is 1. The third-order valence-corrected chi connectivity index (χ3v) is 3.42. The lowest BCUT2D eigenvalue weighted by atomic mass is 10.2. The number of rotatable bonds is 2. The maximum Gasteiger partial charge on any atom is 0.274 e. The summed E-state index contributed by atoms with van der Waals surface area (Å²) in [5, 5.41) is 0.867. The second-order valence-corrected chi connectivity index (χ2v) is 4.84. The number of carbonyl (C=O) groups is 1. The fourth-order valence-electron chi connectivity index (χ4n) is 2.28. The largest absolute Gasteiger partial charge is 0.397 e. The first kappa shape index (κ1) is 13.2. The lowest BCUT2D eigenvalue weighted by molar-refractivity contribution is 0.0989. The van der Waals surface area contributed by atoms with Crippen LogP contribution >= 0.6 is 0 Å². The molecule has 0 unspecified atom stereocenters. The van der Waals surface area contributed by atoms with Crippen molar-refractivity contribution >= 4 is 28.2 Å². The second-order valence-electron chi connectivity index (χ2n) is 4.84. The summed E-state index contributed by atoms with van der Waals surface area (Å²) in [4.78, 5) is 16.9. The minimum atomic E-state index is -0.381. The van der Waals surface area contributed by atoms with Crippen LogP contribution in [0.2, 0.25) is 0 Å². The van der Waals surface area contributed by atoms with E-state index in [1.807, 2.05) is 12.1 Å². The minimum absolute atomic E-state index is 0.254. The average Bonchev–Trinajstić information content (AvgIpc) is 2.91. The third-order valence-electron chi connectivity index (χ3n) is 3.42. The molecule has 106 valence electrons. The lowest BCUT2D eigenvalue weighted by Crippen LogP contribution is -2.26. The Morgan fingerprint density at radius 3 is 2.67 bits per heavy atom. The highest BCUT2D eigenvalue weighted by Gasteiger charge is 2.16. The number of fused-ring (bicyclic) bond motifs is 1. The summed E-state index contributed by atoms with van der Waals surface area (Å²) in [6.45, 7) is 0. The number of amides is 1. The van der Waals surface area contributed by atoms with E-state index in [1.165, 1.54) is 17.0 Å². The molecule has 1 heterocycles. The first-order chi connectivity index (χ1) is 10.1. The number of H-pyrrole nitrogens is 1. The molecule has 3 N–H and O–H groups in total. The second kappa shape index (κ2) is 4.94.